The molecule has 2 aromatic rings. The predicted octanol–water partition coefficient (Wildman–Crippen LogP) is 2.68. The van der Waals surface area contributed by atoms with E-state index in [2.05, 4.69) is 5.32 Å². The number of methoxy groups -OCH3 is 2. The van der Waals surface area contributed by atoms with Crippen molar-refractivity contribution < 1.29 is 23.9 Å². The fourth-order valence-electron chi connectivity index (χ4n) is 2.78. The molecule has 0 aromatic heterocycles. The highest BCUT2D eigenvalue weighted by molar-refractivity contribution is 6.39. The molecule has 0 saturated carbocycles. The van der Waals surface area contributed by atoms with Gasteiger partial charge in [-0.1, -0.05) is 18.2 Å². The maximum atomic E-state index is 12.9. The van der Waals surface area contributed by atoms with E-state index >= 15 is 0 Å². The van der Waals surface area contributed by atoms with Gasteiger partial charge in [0.15, 0.2) is 0 Å². The predicted molar refractivity (Wildman–Crippen MR) is 99.7 cm³/mol. The normalized spacial score (nSPS) is 15.7. The minimum absolute atomic E-state index is 0.165. The number of para-hydroxylation sites is 1. The van der Waals surface area contributed by atoms with Crippen molar-refractivity contribution >= 4 is 29.6 Å². The van der Waals surface area contributed by atoms with E-state index in [0.717, 1.165) is 10.5 Å². The van der Waals surface area contributed by atoms with Crippen molar-refractivity contribution in [2.24, 2.45) is 0 Å². The highest BCUT2D eigenvalue weighted by atomic mass is 16.5. The van der Waals surface area contributed by atoms with E-state index in [1.54, 1.807) is 49.4 Å². The lowest BCUT2D eigenvalue weighted by Gasteiger charge is -2.27. The quantitative estimate of drug-likeness (QED) is 0.664. The van der Waals surface area contributed by atoms with Crippen LogP contribution in [0.25, 0.3) is 6.08 Å². The van der Waals surface area contributed by atoms with E-state index in [-0.39, 0.29) is 5.57 Å². The molecule has 0 bridgehead atoms. The summed E-state index contributed by atoms with van der Waals surface area (Å²) in [6.07, 6.45) is 1.40. The van der Waals surface area contributed by atoms with Crippen LogP contribution in [0.3, 0.4) is 0 Å². The molecule has 2 aromatic carbocycles. The van der Waals surface area contributed by atoms with Crippen LogP contribution in [0.4, 0.5) is 10.5 Å². The Bertz CT molecular complexity index is 965. The van der Waals surface area contributed by atoms with Gasteiger partial charge >= 0.3 is 6.03 Å². The Hall–Kier alpha value is -3.61. The number of rotatable bonds is 4. The van der Waals surface area contributed by atoms with Crippen LogP contribution in [0, 0.1) is 6.92 Å². The lowest BCUT2D eigenvalue weighted by molar-refractivity contribution is -0.122. The summed E-state index contributed by atoms with van der Waals surface area (Å²) in [5.74, 6) is -0.449. The van der Waals surface area contributed by atoms with Gasteiger partial charge in [-0.25, -0.2) is 9.69 Å². The van der Waals surface area contributed by atoms with Gasteiger partial charge in [-0.15, -0.1) is 0 Å². The molecule has 7 heteroatoms. The number of hydrogen-bond acceptors (Lipinski definition) is 5. The number of imide groups is 2. The highest BCUT2D eigenvalue weighted by Crippen LogP contribution is 2.29. The van der Waals surface area contributed by atoms with Crippen LogP contribution in [0.5, 0.6) is 11.5 Å². The summed E-state index contributed by atoms with van der Waals surface area (Å²) < 4.78 is 10.4. The van der Waals surface area contributed by atoms with Crippen molar-refractivity contribution in [3.63, 3.8) is 0 Å². The zero-order chi connectivity index (χ0) is 19.6. The van der Waals surface area contributed by atoms with Crippen molar-refractivity contribution in [1.82, 2.24) is 5.32 Å². The van der Waals surface area contributed by atoms with Crippen LogP contribution >= 0.6 is 0 Å². The number of nitrogens with one attached hydrogen (secondary N) is 1. The van der Waals surface area contributed by atoms with Crippen LogP contribution in [-0.2, 0) is 9.59 Å². The van der Waals surface area contributed by atoms with Crippen LogP contribution in [-0.4, -0.2) is 32.1 Å². The molecule has 1 saturated heterocycles. The second kappa shape index (κ2) is 7.33. The average Bonchev–Trinajstić information content (AvgIpc) is 2.66. The van der Waals surface area contributed by atoms with Crippen molar-refractivity contribution in [2.45, 2.75) is 6.92 Å². The maximum Gasteiger partial charge on any atom is 0.335 e. The third-order valence-electron chi connectivity index (χ3n) is 4.20. The number of barbiturate groups is 1. The third-order valence-corrected chi connectivity index (χ3v) is 4.20. The number of aryl methyl sites for hydroxylation is 1. The van der Waals surface area contributed by atoms with E-state index in [4.69, 9.17) is 9.47 Å². The van der Waals surface area contributed by atoms with E-state index < -0.39 is 17.8 Å². The Morgan fingerprint density at radius 1 is 1.00 bits per heavy atom. The highest BCUT2D eigenvalue weighted by Gasteiger charge is 2.37. The number of nitrogens with zero attached hydrogens (tertiary/aromatic N) is 1. The topological polar surface area (TPSA) is 84.9 Å². The summed E-state index contributed by atoms with van der Waals surface area (Å²) in [4.78, 5) is 38.5. The number of amides is 4. The fourth-order valence-corrected chi connectivity index (χ4v) is 2.78. The molecule has 7 nitrogen and oxygen atoms in total. The second-order valence-corrected chi connectivity index (χ2v) is 5.85. The number of urea groups is 1. The molecule has 1 heterocycles. The monoisotopic (exact) mass is 366 g/mol. The van der Waals surface area contributed by atoms with Gasteiger partial charge in [0, 0.05) is 11.6 Å². The summed E-state index contributed by atoms with van der Waals surface area (Å²) >= 11 is 0. The molecule has 138 valence electrons. The van der Waals surface area contributed by atoms with E-state index in [1.165, 1.54) is 20.3 Å². The number of carbonyl (C=O) groups is 3. The molecule has 0 aliphatic carbocycles. The van der Waals surface area contributed by atoms with E-state index in [1.807, 2.05) is 0 Å². The molecule has 1 aliphatic heterocycles. The molecular formula is C20H18N2O5. The van der Waals surface area contributed by atoms with E-state index in [0.29, 0.717) is 22.7 Å². The third kappa shape index (κ3) is 3.39. The number of carbonyl (C=O) groups excluding carboxylic acids is 3. The van der Waals surface area contributed by atoms with Crippen LogP contribution in [0.2, 0.25) is 0 Å². The van der Waals surface area contributed by atoms with Crippen LogP contribution in [0.15, 0.2) is 48.0 Å². The molecule has 0 spiro atoms. The van der Waals surface area contributed by atoms with Crippen LogP contribution in [0.1, 0.15) is 11.1 Å². The Kier molecular flexibility index (Phi) is 4.94. The van der Waals surface area contributed by atoms with E-state index in [9.17, 15) is 14.4 Å². The Labute approximate surface area is 156 Å². The first-order valence-corrected chi connectivity index (χ1v) is 8.15. The molecule has 1 fully saturated rings. The van der Waals surface area contributed by atoms with Crippen molar-refractivity contribution in [3.05, 3.63) is 59.2 Å². The van der Waals surface area contributed by atoms with Crippen LogP contribution < -0.4 is 19.7 Å². The molecule has 0 atom stereocenters. The molecule has 27 heavy (non-hydrogen) atoms. The summed E-state index contributed by atoms with van der Waals surface area (Å²) in [6.45, 7) is 1.78. The molecule has 4 amide bonds. The SMILES string of the molecule is COc1ccc(/C=C2\C(=O)NC(=O)N(c3ccccc3C)C2=O)c(OC)c1. The molecule has 0 radical (unpaired) electrons. The standard InChI is InChI=1S/C20H18N2O5/c1-12-6-4-5-7-16(12)22-19(24)15(18(23)21-20(22)25)10-13-8-9-14(26-2)11-17(13)27-3/h4-11H,1-3H3,(H,21,23,25)/b15-10+. The summed E-state index contributed by atoms with van der Waals surface area (Å²) in [5, 5.41) is 2.21. The lowest BCUT2D eigenvalue weighted by atomic mass is 10.0. The Balaban J connectivity index is 2.06. The van der Waals surface area contributed by atoms with Gasteiger partial charge in [0.2, 0.25) is 0 Å². The summed E-state index contributed by atoms with van der Waals surface area (Å²) in [6, 6.07) is 11.2. The van der Waals surface area contributed by atoms with Gasteiger partial charge in [0.1, 0.15) is 17.1 Å². The Morgan fingerprint density at radius 3 is 2.41 bits per heavy atom. The fraction of sp³-hybridized carbons (Fsp3) is 0.150. The first kappa shape index (κ1) is 18.2. The molecule has 3 rings (SSSR count). The molecule has 0 unspecified atom stereocenters. The molecular weight excluding hydrogens is 348 g/mol. The summed E-state index contributed by atoms with van der Waals surface area (Å²) in [5.41, 5.74) is 1.49. The zero-order valence-corrected chi connectivity index (χ0v) is 15.1. The van der Waals surface area contributed by atoms with Gasteiger partial charge in [0.25, 0.3) is 11.8 Å². The number of anilines is 1. The van der Waals surface area contributed by atoms with Crippen molar-refractivity contribution in [3.8, 4) is 11.5 Å². The summed E-state index contributed by atoms with van der Waals surface area (Å²) in [7, 11) is 3.00. The first-order chi connectivity index (χ1) is 13.0. The van der Waals surface area contributed by atoms with Gasteiger partial charge in [0.05, 0.1) is 19.9 Å². The number of ether oxygens (including phenoxy) is 2. The minimum atomic E-state index is -0.779. The largest absolute Gasteiger partial charge is 0.497 e. The zero-order valence-electron chi connectivity index (χ0n) is 15.1. The lowest BCUT2D eigenvalue weighted by Crippen LogP contribution is -2.54. The molecule has 1 aliphatic rings. The maximum absolute atomic E-state index is 12.9. The number of benzene rings is 2. The van der Waals surface area contributed by atoms with Gasteiger partial charge in [-0.3, -0.25) is 14.9 Å². The average molecular weight is 366 g/mol. The van der Waals surface area contributed by atoms with Crippen molar-refractivity contribution in [2.75, 3.05) is 19.1 Å². The van der Waals surface area contributed by atoms with Gasteiger partial charge in [-0.2, -0.15) is 0 Å². The van der Waals surface area contributed by atoms with Gasteiger partial charge < -0.3 is 9.47 Å². The first-order valence-electron chi connectivity index (χ1n) is 8.15. The molecule has 1 N–H and O–H groups in total. The Morgan fingerprint density at radius 2 is 1.74 bits per heavy atom. The van der Waals surface area contributed by atoms with Gasteiger partial charge in [-0.05, 0) is 36.8 Å². The minimum Gasteiger partial charge on any atom is -0.497 e. The smallest absolute Gasteiger partial charge is 0.335 e. The van der Waals surface area contributed by atoms with Crippen molar-refractivity contribution in [1.29, 1.82) is 0 Å². The number of hydrogen-bond donors (Lipinski definition) is 1. The second-order valence-electron chi connectivity index (χ2n) is 5.85.